The van der Waals surface area contributed by atoms with Crippen molar-refractivity contribution in [2.24, 2.45) is 5.92 Å². The van der Waals surface area contributed by atoms with Gasteiger partial charge in [-0.1, -0.05) is 29.3 Å². The second-order valence-corrected chi connectivity index (χ2v) is 8.42. The average Bonchev–Trinajstić information content (AvgIpc) is 2.74. The summed E-state index contributed by atoms with van der Waals surface area (Å²) < 4.78 is 5.52. The lowest BCUT2D eigenvalue weighted by Crippen LogP contribution is -2.45. The summed E-state index contributed by atoms with van der Waals surface area (Å²) in [6.45, 7) is 5.25. The van der Waals surface area contributed by atoms with Crippen LogP contribution >= 0.6 is 23.2 Å². The lowest BCUT2D eigenvalue weighted by Gasteiger charge is -2.32. The van der Waals surface area contributed by atoms with Gasteiger partial charge in [-0.2, -0.15) is 0 Å². The van der Waals surface area contributed by atoms with Crippen LogP contribution in [-0.2, 0) is 11.3 Å². The molecule has 1 atom stereocenters. The molecule has 1 aliphatic rings. The normalized spacial score (nSPS) is 16.4. The molecule has 1 aromatic carbocycles. The monoisotopic (exact) mass is 449 g/mol. The number of hydrogen-bond donors (Lipinski definition) is 1. The Hall–Kier alpha value is -2.31. The molecule has 2 aromatic rings. The third-order valence-electron chi connectivity index (χ3n) is 4.87. The maximum absolute atomic E-state index is 12.8. The maximum Gasteiger partial charge on any atom is 0.253 e. The molecule has 1 N–H and O–H groups in total. The van der Waals surface area contributed by atoms with Gasteiger partial charge in [0.05, 0.1) is 22.1 Å². The van der Waals surface area contributed by atoms with E-state index < -0.39 is 0 Å². The predicted molar refractivity (Wildman–Crippen MR) is 117 cm³/mol. The van der Waals surface area contributed by atoms with E-state index >= 15 is 0 Å². The van der Waals surface area contributed by atoms with Gasteiger partial charge in [0.1, 0.15) is 0 Å². The Bertz CT molecular complexity index is 903. The smallest absolute Gasteiger partial charge is 0.253 e. The number of piperidine rings is 1. The largest absolute Gasteiger partial charge is 0.475 e. The highest BCUT2D eigenvalue weighted by Gasteiger charge is 2.29. The lowest BCUT2D eigenvalue weighted by atomic mass is 9.96. The highest BCUT2D eigenvalue weighted by Crippen LogP contribution is 2.25. The van der Waals surface area contributed by atoms with Crippen LogP contribution in [0.5, 0.6) is 5.88 Å². The van der Waals surface area contributed by atoms with E-state index in [9.17, 15) is 9.59 Å². The number of rotatable bonds is 6. The molecule has 1 aromatic heterocycles. The molecule has 1 aliphatic heterocycles. The van der Waals surface area contributed by atoms with Crippen LogP contribution in [0.1, 0.15) is 42.6 Å². The molecule has 0 bridgehead atoms. The van der Waals surface area contributed by atoms with Gasteiger partial charge in [-0.15, -0.1) is 0 Å². The van der Waals surface area contributed by atoms with Crippen LogP contribution in [0.2, 0.25) is 10.0 Å². The molecule has 8 heteroatoms. The third-order valence-corrected chi connectivity index (χ3v) is 5.61. The second-order valence-electron chi connectivity index (χ2n) is 7.61. The summed E-state index contributed by atoms with van der Waals surface area (Å²) in [4.78, 5) is 31.4. The van der Waals surface area contributed by atoms with Gasteiger partial charge in [-0.05, 0) is 50.5 Å². The molecule has 1 unspecified atom stereocenters. The molecule has 0 aliphatic carbocycles. The molecule has 2 heterocycles. The zero-order valence-electron chi connectivity index (χ0n) is 17.0. The number of benzene rings is 1. The number of amides is 2. The standard InChI is InChI=1S/C22H25Cl2N3O3/c1-14(2)30-20-8-5-15(11-25-20)12-26-21(28)17-4-3-9-27(13-17)22(29)16-6-7-18(23)19(24)10-16/h5-8,10-11,14,17H,3-4,9,12-13H2,1-2H3,(H,26,28). The first kappa shape index (κ1) is 22.4. The zero-order chi connectivity index (χ0) is 21.7. The molecule has 0 saturated carbocycles. The number of likely N-dealkylation sites (tertiary alicyclic amines) is 1. The molecule has 2 amide bonds. The Morgan fingerprint density at radius 2 is 2.03 bits per heavy atom. The van der Waals surface area contributed by atoms with Crippen LogP contribution in [0.25, 0.3) is 0 Å². The van der Waals surface area contributed by atoms with Gasteiger partial charge >= 0.3 is 0 Å². The van der Waals surface area contributed by atoms with Crippen molar-refractivity contribution in [3.63, 3.8) is 0 Å². The molecule has 0 radical (unpaired) electrons. The number of aromatic nitrogens is 1. The van der Waals surface area contributed by atoms with Gasteiger partial charge in [-0.3, -0.25) is 9.59 Å². The highest BCUT2D eigenvalue weighted by molar-refractivity contribution is 6.42. The van der Waals surface area contributed by atoms with Gasteiger partial charge in [0.2, 0.25) is 11.8 Å². The van der Waals surface area contributed by atoms with E-state index in [1.165, 1.54) is 0 Å². The van der Waals surface area contributed by atoms with Crippen LogP contribution < -0.4 is 10.1 Å². The first-order valence-corrected chi connectivity index (χ1v) is 10.7. The molecule has 30 heavy (non-hydrogen) atoms. The molecular weight excluding hydrogens is 425 g/mol. The van der Waals surface area contributed by atoms with Crippen LogP contribution in [-0.4, -0.2) is 40.9 Å². The zero-order valence-corrected chi connectivity index (χ0v) is 18.5. The summed E-state index contributed by atoms with van der Waals surface area (Å²) >= 11 is 12.0. The number of nitrogens with one attached hydrogen (secondary N) is 1. The van der Waals surface area contributed by atoms with E-state index in [1.54, 1.807) is 35.4 Å². The van der Waals surface area contributed by atoms with Gasteiger partial charge < -0.3 is 15.0 Å². The fraction of sp³-hybridized carbons (Fsp3) is 0.409. The van der Waals surface area contributed by atoms with Crippen molar-refractivity contribution in [1.82, 2.24) is 15.2 Å². The van der Waals surface area contributed by atoms with Crippen LogP contribution in [0.4, 0.5) is 0 Å². The summed E-state index contributed by atoms with van der Waals surface area (Å²) in [5.74, 6) is 0.103. The van der Waals surface area contributed by atoms with E-state index in [-0.39, 0.29) is 23.8 Å². The number of nitrogens with zero attached hydrogens (tertiary/aromatic N) is 2. The predicted octanol–water partition coefficient (Wildman–Crippen LogP) is 4.34. The van der Waals surface area contributed by atoms with E-state index in [0.717, 1.165) is 18.4 Å². The Morgan fingerprint density at radius 1 is 1.23 bits per heavy atom. The maximum atomic E-state index is 12.8. The van der Waals surface area contributed by atoms with E-state index in [0.29, 0.717) is 41.1 Å². The van der Waals surface area contributed by atoms with Crippen LogP contribution in [0.15, 0.2) is 36.5 Å². The van der Waals surface area contributed by atoms with Crippen LogP contribution in [0.3, 0.4) is 0 Å². The van der Waals surface area contributed by atoms with Gasteiger partial charge in [0, 0.05) is 37.5 Å². The Kier molecular flexibility index (Phi) is 7.56. The molecule has 1 saturated heterocycles. The molecule has 0 spiro atoms. The van der Waals surface area contributed by atoms with Crippen molar-refractivity contribution >= 4 is 35.0 Å². The first-order valence-electron chi connectivity index (χ1n) is 9.97. The van der Waals surface area contributed by atoms with E-state index in [4.69, 9.17) is 27.9 Å². The van der Waals surface area contributed by atoms with Crippen molar-refractivity contribution in [2.75, 3.05) is 13.1 Å². The average molecular weight is 450 g/mol. The first-order chi connectivity index (χ1) is 14.3. The van der Waals surface area contributed by atoms with E-state index in [1.807, 2.05) is 19.9 Å². The molecule has 6 nitrogen and oxygen atoms in total. The van der Waals surface area contributed by atoms with E-state index in [2.05, 4.69) is 10.3 Å². The second kappa shape index (κ2) is 10.1. The minimum absolute atomic E-state index is 0.0592. The summed E-state index contributed by atoms with van der Waals surface area (Å²) in [7, 11) is 0. The summed E-state index contributed by atoms with van der Waals surface area (Å²) in [5.41, 5.74) is 1.36. The topological polar surface area (TPSA) is 71.5 Å². The van der Waals surface area contributed by atoms with Gasteiger partial charge in [0.25, 0.3) is 5.91 Å². The number of hydrogen-bond acceptors (Lipinski definition) is 4. The fourth-order valence-electron chi connectivity index (χ4n) is 3.35. The summed E-state index contributed by atoms with van der Waals surface area (Å²) in [6.07, 6.45) is 3.27. The van der Waals surface area contributed by atoms with Gasteiger partial charge in [0.15, 0.2) is 0 Å². The summed E-state index contributed by atoms with van der Waals surface area (Å²) in [5, 5.41) is 3.69. The summed E-state index contributed by atoms with van der Waals surface area (Å²) in [6, 6.07) is 8.50. The molecular formula is C22H25Cl2N3O3. The van der Waals surface area contributed by atoms with Gasteiger partial charge in [-0.25, -0.2) is 4.98 Å². The number of pyridine rings is 1. The minimum Gasteiger partial charge on any atom is -0.475 e. The quantitative estimate of drug-likeness (QED) is 0.711. The van der Waals surface area contributed by atoms with Crippen molar-refractivity contribution < 1.29 is 14.3 Å². The van der Waals surface area contributed by atoms with Crippen molar-refractivity contribution in [3.8, 4) is 5.88 Å². The van der Waals surface area contributed by atoms with Crippen molar-refractivity contribution in [1.29, 1.82) is 0 Å². The Balaban J connectivity index is 1.55. The minimum atomic E-state index is -0.248. The SMILES string of the molecule is CC(C)Oc1ccc(CNC(=O)C2CCCN(C(=O)c3ccc(Cl)c(Cl)c3)C2)cn1. The highest BCUT2D eigenvalue weighted by atomic mass is 35.5. The third kappa shape index (κ3) is 5.86. The fourth-order valence-corrected chi connectivity index (χ4v) is 3.65. The Morgan fingerprint density at radius 3 is 2.70 bits per heavy atom. The number of carbonyl (C=O) groups is 2. The van der Waals surface area contributed by atoms with Crippen molar-refractivity contribution in [3.05, 3.63) is 57.7 Å². The molecule has 160 valence electrons. The molecule has 1 fully saturated rings. The van der Waals surface area contributed by atoms with Crippen molar-refractivity contribution in [2.45, 2.75) is 39.3 Å². The lowest BCUT2D eigenvalue weighted by molar-refractivity contribution is -0.126. The number of ether oxygens (including phenoxy) is 1. The molecule has 3 rings (SSSR count). The number of carbonyl (C=O) groups excluding carboxylic acids is 2. The van der Waals surface area contributed by atoms with Crippen LogP contribution in [0, 0.1) is 5.92 Å². The number of halogens is 2. The Labute approximate surface area is 186 Å².